The molecule has 3 rings (SSSR count). The fourth-order valence-corrected chi connectivity index (χ4v) is 2.53. The topological polar surface area (TPSA) is 43.4 Å². The van der Waals surface area contributed by atoms with Crippen LogP contribution in [0.1, 0.15) is 12.8 Å². The summed E-state index contributed by atoms with van der Waals surface area (Å²) in [5.74, 6) is 2.06. The molecule has 6 heteroatoms. The molecule has 0 radical (unpaired) electrons. The highest BCUT2D eigenvalue weighted by molar-refractivity contribution is 7.71. The van der Waals surface area contributed by atoms with Crippen LogP contribution in [0.3, 0.4) is 0 Å². The van der Waals surface area contributed by atoms with Crippen molar-refractivity contribution in [2.24, 2.45) is 5.92 Å². The van der Waals surface area contributed by atoms with Crippen molar-refractivity contribution in [2.45, 2.75) is 19.5 Å². The lowest BCUT2D eigenvalue weighted by molar-refractivity contribution is 0.239. The van der Waals surface area contributed by atoms with Gasteiger partial charge in [-0.2, -0.15) is 0 Å². The van der Waals surface area contributed by atoms with Crippen LogP contribution in [0.15, 0.2) is 28.7 Å². The van der Waals surface area contributed by atoms with Crippen molar-refractivity contribution in [1.82, 2.24) is 14.7 Å². The molecule has 1 aromatic carbocycles. The fraction of sp³-hybridized carbons (Fsp3) is 0.467. The molecule has 1 aromatic heterocycles. The predicted octanol–water partition coefficient (Wildman–Crippen LogP) is 3.18. The van der Waals surface area contributed by atoms with Gasteiger partial charge < -0.3 is 9.15 Å². The summed E-state index contributed by atoms with van der Waals surface area (Å²) in [5, 5.41) is 4.48. The maximum Gasteiger partial charge on any atom is 0.288 e. The molecule has 0 spiro atoms. The summed E-state index contributed by atoms with van der Waals surface area (Å²) in [4.78, 5) is 2.61. The normalized spacial score (nSPS) is 14.6. The number of hydrogen-bond acceptors (Lipinski definition) is 5. The SMILES string of the molecule is COc1ccccc1-c1nn(CN(C)CC2CC2)c(=S)o1. The Labute approximate surface area is 129 Å². The molecular weight excluding hydrogens is 286 g/mol. The summed E-state index contributed by atoms with van der Waals surface area (Å²) in [6, 6.07) is 7.63. The summed E-state index contributed by atoms with van der Waals surface area (Å²) in [5.41, 5.74) is 0.815. The van der Waals surface area contributed by atoms with Gasteiger partial charge in [-0.3, -0.25) is 4.90 Å². The molecule has 1 aliphatic rings. The maximum absolute atomic E-state index is 5.62. The fourth-order valence-electron chi connectivity index (χ4n) is 2.35. The summed E-state index contributed by atoms with van der Waals surface area (Å²) < 4.78 is 12.7. The van der Waals surface area contributed by atoms with Crippen molar-refractivity contribution in [3.05, 3.63) is 29.1 Å². The molecule has 0 N–H and O–H groups in total. The van der Waals surface area contributed by atoms with Gasteiger partial charge in [-0.05, 0) is 50.2 Å². The first-order valence-electron chi connectivity index (χ1n) is 7.07. The van der Waals surface area contributed by atoms with Crippen molar-refractivity contribution in [3.8, 4) is 17.2 Å². The van der Waals surface area contributed by atoms with Crippen LogP contribution in [0, 0.1) is 10.8 Å². The minimum absolute atomic E-state index is 0.388. The monoisotopic (exact) mass is 305 g/mol. The molecule has 0 bridgehead atoms. The molecule has 1 aliphatic carbocycles. The lowest BCUT2D eigenvalue weighted by Crippen LogP contribution is -2.24. The summed E-state index contributed by atoms with van der Waals surface area (Å²) in [7, 11) is 3.71. The molecule has 21 heavy (non-hydrogen) atoms. The van der Waals surface area contributed by atoms with Gasteiger partial charge in [-0.25, -0.2) is 4.68 Å². The van der Waals surface area contributed by atoms with E-state index in [4.69, 9.17) is 21.4 Å². The van der Waals surface area contributed by atoms with Gasteiger partial charge in [0.25, 0.3) is 10.7 Å². The van der Waals surface area contributed by atoms with E-state index in [0.29, 0.717) is 17.4 Å². The van der Waals surface area contributed by atoms with Crippen molar-refractivity contribution in [2.75, 3.05) is 20.7 Å². The largest absolute Gasteiger partial charge is 0.496 e. The number of methoxy groups -OCH3 is 1. The standard InChI is InChI=1S/C15H19N3O2S/c1-17(9-11-7-8-11)10-18-15(21)20-14(16-18)12-5-3-4-6-13(12)19-2/h3-6,11H,7-10H2,1-2H3. The minimum atomic E-state index is 0.388. The van der Waals surface area contributed by atoms with Crippen LogP contribution in [0.4, 0.5) is 0 Å². The lowest BCUT2D eigenvalue weighted by Gasteiger charge is -2.14. The van der Waals surface area contributed by atoms with Crippen LogP contribution in [-0.2, 0) is 6.67 Å². The van der Waals surface area contributed by atoms with E-state index < -0.39 is 0 Å². The number of ether oxygens (including phenoxy) is 1. The third-order valence-electron chi connectivity index (χ3n) is 3.59. The molecule has 0 atom stereocenters. The van der Waals surface area contributed by atoms with E-state index in [1.165, 1.54) is 12.8 Å². The molecule has 0 aliphatic heterocycles. The second-order valence-corrected chi connectivity index (χ2v) is 5.85. The molecule has 5 nitrogen and oxygen atoms in total. The molecule has 0 unspecified atom stereocenters. The van der Waals surface area contributed by atoms with Crippen molar-refractivity contribution in [1.29, 1.82) is 0 Å². The number of rotatable bonds is 6. The number of nitrogens with zero attached hydrogens (tertiary/aromatic N) is 3. The number of hydrogen-bond donors (Lipinski definition) is 0. The Kier molecular flexibility index (Phi) is 4.07. The smallest absolute Gasteiger partial charge is 0.288 e. The van der Waals surface area contributed by atoms with Gasteiger partial charge in [0.2, 0.25) is 0 Å². The zero-order valence-corrected chi connectivity index (χ0v) is 13.1. The average molecular weight is 305 g/mol. The number of benzene rings is 1. The van der Waals surface area contributed by atoms with E-state index in [1.807, 2.05) is 24.3 Å². The summed E-state index contributed by atoms with van der Waals surface area (Å²) >= 11 is 5.27. The highest BCUT2D eigenvalue weighted by atomic mass is 32.1. The van der Waals surface area contributed by atoms with Crippen LogP contribution < -0.4 is 4.74 Å². The van der Waals surface area contributed by atoms with Crippen LogP contribution >= 0.6 is 12.2 Å². The Balaban J connectivity index is 1.81. The van der Waals surface area contributed by atoms with Gasteiger partial charge in [0.05, 0.1) is 19.3 Å². The van der Waals surface area contributed by atoms with Gasteiger partial charge in [0.15, 0.2) is 0 Å². The van der Waals surface area contributed by atoms with Gasteiger partial charge in [0.1, 0.15) is 5.75 Å². The van der Waals surface area contributed by atoms with E-state index >= 15 is 0 Å². The predicted molar refractivity (Wildman–Crippen MR) is 82.7 cm³/mol. The average Bonchev–Trinajstić information content (AvgIpc) is 3.22. The Morgan fingerprint density at radius 1 is 1.43 bits per heavy atom. The highest BCUT2D eigenvalue weighted by Crippen LogP contribution is 2.30. The van der Waals surface area contributed by atoms with Crippen molar-refractivity contribution in [3.63, 3.8) is 0 Å². The second-order valence-electron chi connectivity index (χ2n) is 5.50. The molecule has 1 fully saturated rings. The van der Waals surface area contributed by atoms with E-state index in [0.717, 1.165) is 23.8 Å². The van der Waals surface area contributed by atoms with Crippen LogP contribution in [0.25, 0.3) is 11.5 Å². The van der Waals surface area contributed by atoms with Crippen molar-refractivity contribution >= 4 is 12.2 Å². The molecule has 0 amide bonds. The van der Waals surface area contributed by atoms with Gasteiger partial charge in [0, 0.05) is 6.54 Å². The van der Waals surface area contributed by atoms with Crippen LogP contribution in [0.5, 0.6) is 5.75 Å². The maximum atomic E-state index is 5.62. The minimum Gasteiger partial charge on any atom is -0.496 e. The quantitative estimate of drug-likeness (QED) is 0.767. The van der Waals surface area contributed by atoms with Gasteiger partial charge in [-0.1, -0.05) is 12.1 Å². The Bertz CT molecular complexity index is 676. The van der Waals surface area contributed by atoms with Gasteiger partial charge in [-0.15, -0.1) is 5.10 Å². The molecule has 1 heterocycles. The highest BCUT2D eigenvalue weighted by Gasteiger charge is 2.23. The first-order valence-corrected chi connectivity index (χ1v) is 7.48. The van der Waals surface area contributed by atoms with E-state index in [-0.39, 0.29) is 0 Å². The number of para-hydroxylation sites is 1. The molecule has 1 saturated carbocycles. The third kappa shape index (κ3) is 3.33. The first-order chi connectivity index (χ1) is 10.2. The molecule has 2 aromatic rings. The van der Waals surface area contributed by atoms with Gasteiger partial charge >= 0.3 is 0 Å². The zero-order chi connectivity index (χ0) is 14.8. The molecule has 0 saturated heterocycles. The summed E-state index contributed by atoms with van der Waals surface area (Å²) in [6.07, 6.45) is 2.67. The molecular formula is C15H19N3O2S. The molecule has 112 valence electrons. The van der Waals surface area contributed by atoms with E-state index in [2.05, 4.69) is 17.0 Å². The van der Waals surface area contributed by atoms with Crippen LogP contribution in [-0.4, -0.2) is 35.4 Å². The third-order valence-corrected chi connectivity index (χ3v) is 3.88. The summed E-state index contributed by atoms with van der Waals surface area (Å²) in [6.45, 7) is 1.73. The zero-order valence-electron chi connectivity index (χ0n) is 12.3. The first kappa shape index (κ1) is 14.3. The van der Waals surface area contributed by atoms with E-state index in [1.54, 1.807) is 11.8 Å². The second kappa shape index (κ2) is 5.99. The Morgan fingerprint density at radius 3 is 2.90 bits per heavy atom. The lowest BCUT2D eigenvalue weighted by atomic mass is 10.2. The Morgan fingerprint density at radius 2 is 2.19 bits per heavy atom. The van der Waals surface area contributed by atoms with Crippen molar-refractivity contribution < 1.29 is 9.15 Å². The van der Waals surface area contributed by atoms with E-state index in [9.17, 15) is 0 Å². The Hall–Kier alpha value is -1.66. The van der Waals surface area contributed by atoms with Crippen LogP contribution in [0.2, 0.25) is 0 Å². The number of aromatic nitrogens is 2.